The number of carbonyl (C=O) groups excluding carboxylic acids is 1. The Labute approximate surface area is 161 Å². The molecule has 2 aliphatic heterocycles. The minimum absolute atomic E-state index is 0.0747. The van der Waals surface area contributed by atoms with Crippen LogP contribution >= 0.6 is 0 Å². The Morgan fingerprint density at radius 3 is 2.52 bits per heavy atom. The van der Waals surface area contributed by atoms with Crippen molar-refractivity contribution in [2.75, 3.05) is 13.1 Å². The highest BCUT2D eigenvalue weighted by Gasteiger charge is 2.30. The Bertz CT molecular complexity index is 810. The number of benzene rings is 2. The molecule has 4 rings (SSSR count). The number of fused-ring (bicyclic) bond motifs is 1. The second kappa shape index (κ2) is 7.73. The van der Waals surface area contributed by atoms with Gasteiger partial charge in [0.1, 0.15) is 11.9 Å². The van der Waals surface area contributed by atoms with Crippen molar-refractivity contribution in [2.45, 2.75) is 51.8 Å². The molecular formula is C23H28N2O2. The molecule has 0 spiro atoms. The van der Waals surface area contributed by atoms with Crippen LogP contribution in [0.5, 0.6) is 5.75 Å². The Morgan fingerprint density at radius 2 is 1.78 bits per heavy atom. The first-order chi connectivity index (χ1) is 13.1. The Balaban J connectivity index is 1.37. The van der Waals surface area contributed by atoms with Crippen LogP contribution in [0.15, 0.2) is 42.5 Å². The van der Waals surface area contributed by atoms with Gasteiger partial charge >= 0.3 is 0 Å². The zero-order valence-corrected chi connectivity index (χ0v) is 16.2. The van der Waals surface area contributed by atoms with E-state index in [2.05, 4.69) is 54.4 Å². The molecule has 2 heterocycles. The summed E-state index contributed by atoms with van der Waals surface area (Å²) in [5.74, 6) is 0.987. The van der Waals surface area contributed by atoms with Crippen LogP contribution in [0, 0.1) is 0 Å². The first-order valence-corrected chi connectivity index (χ1v) is 10.00. The second-order valence-corrected chi connectivity index (χ2v) is 7.82. The van der Waals surface area contributed by atoms with Crippen molar-refractivity contribution in [1.29, 1.82) is 0 Å². The summed E-state index contributed by atoms with van der Waals surface area (Å²) >= 11 is 0. The fourth-order valence-corrected chi connectivity index (χ4v) is 4.00. The van der Waals surface area contributed by atoms with Crippen LogP contribution in [-0.2, 0) is 13.1 Å². The van der Waals surface area contributed by atoms with E-state index in [1.54, 1.807) is 0 Å². The highest BCUT2D eigenvalue weighted by Crippen LogP contribution is 2.40. The van der Waals surface area contributed by atoms with Crippen molar-refractivity contribution in [1.82, 2.24) is 10.2 Å². The first-order valence-electron chi connectivity index (χ1n) is 10.00. The van der Waals surface area contributed by atoms with Gasteiger partial charge in [-0.2, -0.15) is 0 Å². The number of rotatable bonds is 5. The third-order valence-electron chi connectivity index (χ3n) is 5.87. The fourth-order valence-electron chi connectivity index (χ4n) is 4.00. The fraction of sp³-hybridized carbons (Fsp3) is 0.435. The van der Waals surface area contributed by atoms with E-state index >= 15 is 0 Å². The molecular weight excluding hydrogens is 336 g/mol. The Morgan fingerprint density at radius 1 is 1.07 bits per heavy atom. The van der Waals surface area contributed by atoms with Gasteiger partial charge in [-0.25, -0.2) is 0 Å². The van der Waals surface area contributed by atoms with E-state index in [9.17, 15) is 4.79 Å². The molecule has 2 unspecified atom stereocenters. The van der Waals surface area contributed by atoms with Gasteiger partial charge in [-0.1, -0.05) is 43.3 Å². The van der Waals surface area contributed by atoms with Crippen LogP contribution < -0.4 is 10.1 Å². The maximum absolute atomic E-state index is 12.7. The number of likely N-dealkylation sites (tertiary alicyclic amines) is 1. The van der Waals surface area contributed by atoms with E-state index in [1.165, 1.54) is 31.5 Å². The van der Waals surface area contributed by atoms with Gasteiger partial charge in [0.05, 0.1) is 5.56 Å². The van der Waals surface area contributed by atoms with Crippen LogP contribution in [0.2, 0.25) is 0 Å². The summed E-state index contributed by atoms with van der Waals surface area (Å²) in [4.78, 5) is 15.2. The minimum atomic E-state index is -0.0747. The number of carbonyl (C=O) groups is 1. The molecule has 27 heavy (non-hydrogen) atoms. The number of hydrogen-bond acceptors (Lipinski definition) is 3. The van der Waals surface area contributed by atoms with Gasteiger partial charge in [-0.3, -0.25) is 9.69 Å². The van der Waals surface area contributed by atoms with Crippen molar-refractivity contribution in [2.24, 2.45) is 0 Å². The third-order valence-corrected chi connectivity index (χ3v) is 5.87. The van der Waals surface area contributed by atoms with E-state index in [0.717, 1.165) is 23.4 Å². The molecule has 0 radical (unpaired) electrons. The van der Waals surface area contributed by atoms with Crippen molar-refractivity contribution in [3.63, 3.8) is 0 Å². The van der Waals surface area contributed by atoms with Gasteiger partial charge in [-0.05, 0) is 50.0 Å². The van der Waals surface area contributed by atoms with E-state index in [-0.39, 0.29) is 12.0 Å². The third kappa shape index (κ3) is 3.86. The van der Waals surface area contributed by atoms with Gasteiger partial charge in [0.15, 0.2) is 0 Å². The molecule has 2 aromatic carbocycles. The molecule has 1 fully saturated rings. The molecule has 2 atom stereocenters. The van der Waals surface area contributed by atoms with Crippen molar-refractivity contribution >= 4 is 5.91 Å². The predicted octanol–water partition coefficient (Wildman–Crippen LogP) is 4.10. The average molecular weight is 364 g/mol. The van der Waals surface area contributed by atoms with E-state index in [4.69, 9.17) is 4.74 Å². The first kappa shape index (κ1) is 18.1. The summed E-state index contributed by atoms with van der Waals surface area (Å²) in [5.41, 5.74) is 4.21. The summed E-state index contributed by atoms with van der Waals surface area (Å²) in [5, 5.41) is 3.04. The quantitative estimate of drug-likeness (QED) is 0.869. The summed E-state index contributed by atoms with van der Waals surface area (Å²) < 4.78 is 5.94. The predicted molar refractivity (Wildman–Crippen MR) is 107 cm³/mol. The largest absolute Gasteiger partial charge is 0.489 e. The monoisotopic (exact) mass is 364 g/mol. The van der Waals surface area contributed by atoms with Crippen molar-refractivity contribution in [3.05, 3.63) is 64.7 Å². The van der Waals surface area contributed by atoms with Crippen LogP contribution in [0.25, 0.3) is 0 Å². The number of para-hydroxylation sites is 1. The number of hydrogen-bond donors (Lipinski definition) is 1. The standard InChI is InChI=1S/C23H28N2O2/c1-16-17(2)27-22-20(16)6-5-7-21(22)23(26)24-14-18-8-10-19(11-9-18)15-25-12-3-4-13-25/h5-11,16-17H,3-4,12-15H2,1-2H3,(H,24,26). The Hall–Kier alpha value is -2.33. The van der Waals surface area contributed by atoms with E-state index in [1.807, 2.05) is 12.1 Å². The second-order valence-electron chi connectivity index (χ2n) is 7.82. The highest BCUT2D eigenvalue weighted by molar-refractivity contribution is 5.97. The normalized spacial score (nSPS) is 21.7. The zero-order chi connectivity index (χ0) is 18.8. The molecule has 0 saturated carbocycles. The smallest absolute Gasteiger partial charge is 0.255 e. The minimum Gasteiger partial charge on any atom is -0.489 e. The van der Waals surface area contributed by atoms with Crippen LogP contribution in [0.1, 0.15) is 59.7 Å². The lowest BCUT2D eigenvalue weighted by atomic mass is 9.97. The van der Waals surface area contributed by atoms with Gasteiger partial charge < -0.3 is 10.1 Å². The van der Waals surface area contributed by atoms with Crippen molar-refractivity contribution in [3.8, 4) is 5.75 Å². The number of nitrogens with one attached hydrogen (secondary N) is 1. The van der Waals surface area contributed by atoms with E-state index in [0.29, 0.717) is 18.0 Å². The summed E-state index contributed by atoms with van der Waals surface area (Å²) in [6.45, 7) is 8.16. The van der Waals surface area contributed by atoms with Crippen LogP contribution in [0.4, 0.5) is 0 Å². The molecule has 0 bridgehead atoms. The summed E-state index contributed by atoms with van der Waals surface area (Å²) in [6, 6.07) is 14.4. The maximum Gasteiger partial charge on any atom is 0.255 e. The molecule has 4 heteroatoms. The zero-order valence-electron chi connectivity index (χ0n) is 16.2. The lowest BCUT2D eigenvalue weighted by Gasteiger charge is -2.15. The lowest BCUT2D eigenvalue weighted by molar-refractivity contribution is 0.0946. The van der Waals surface area contributed by atoms with Gasteiger partial charge in [0.25, 0.3) is 5.91 Å². The lowest BCUT2D eigenvalue weighted by Crippen LogP contribution is -2.23. The molecule has 2 aliphatic rings. The van der Waals surface area contributed by atoms with Gasteiger partial charge in [0, 0.05) is 24.6 Å². The molecule has 0 aliphatic carbocycles. The maximum atomic E-state index is 12.7. The summed E-state index contributed by atoms with van der Waals surface area (Å²) in [7, 11) is 0. The molecule has 4 nitrogen and oxygen atoms in total. The van der Waals surface area contributed by atoms with E-state index < -0.39 is 0 Å². The SMILES string of the molecule is CC1Oc2c(C(=O)NCc3ccc(CN4CCCC4)cc3)cccc2C1C. The average Bonchev–Trinajstić information content (AvgIpc) is 3.29. The Kier molecular flexibility index (Phi) is 5.17. The van der Waals surface area contributed by atoms with Crippen LogP contribution in [-0.4, -0.2) is 30.0 Å². The molecule has 0 aromatic heterocycles. The number of nitrogens with zero attached hydrogens (tertiary/aromatic N) is 1. The number of ether oxygens (including phenoxy) is 1. The van der Waals surface area contributed by atoms with Crippen LogP contribution in [0.3, 0.4) is 0 Å². The molecule has 1 amide bonds. The topological polar surface area (TPSA) is 41.6 Å². The molecule has 1 N–H and O–H groups in total. The van der Waals surface area contributed by atoms with Crippen molar-refractivity contribution < 1.29 is 9.53 Å². The molecule has 142 valence electrons. The number of amides is 1. The van der Waals surface area contributed by atoms with Gasteiger partial charge in [-0.15, -0.1) is 0 Å². The molecule has 1 saturated heterocycles. The highest BCUT2D eigenvalue weighted by atomic mass is 16.5. The van der Waals surface area contributed by atoms with Gasteiger partial charge in [0.2, 0.25) is 0 Å². The molecule has 2 aromatic rings. The summed E-state index contributed by atoms with van der Waals surface area (Å²) in [6.07, 6.45) is 2.74.